The Morgan fingerprint density at radius 2 is 1.84 bits per heavy atom. The molecule has 0 radical (unpaired) electrons. The maximum Gasteiger partial charge on any atom is 0.248 e. The van der Waals surface area contributed by atoms with E-state index in [0.29, 0.717) is 5.56 Å². The number of primary amides is 1. The van der Waals surface area contributed by atoms with Crippen molar-refractivity contribution in [3.63, 3.8) is 0 Å². The van der Waals surface area contributed by atoms with Gasteiger partial charge in [0.05, 0.1) is 0 Å². The van der Waals surface area contributed by atoms with Gasteiger partial charge in [0.1, 0.15) is 0 Å². The van der Waals surface area contributed by atoms with Crippen LogP contribution in [0.4, 0.5) is 5.69 Å². The quantitative estimate of drug-likeness (QED) is 0.861. The third kappa shape index (κ3) is 3.35. The lowest BCUT2D eigenvalue weighted by molar-refractivity contribution is 0.0999. The molecule has 2 rings (SSSR count). The molecule has 19 heavy (non-hydrogen) atoms. The zero-order valence-corrected chi connectivity index (χ0v) is 11.0. The van der Waals surface area contributed by atoms with Gasteiger partial charge in [-0.2, -0.15) is 0 Å². The van der Waals surface area contributed by atoms with Crippen molar-refractivity contribution in [3.8, 4) is 0 Å². The summed E-state index contributed by atoms with van der Waals surface area (Å²) in [5, 5.41) is 3.08. The number of carbonyl (C=O) groups is 1. The number of carbonyl (C=O) groups excluding carboxylic acids is 1. The molecule has 0 aliphatic heterocycles. The van der Waals surface area contributed by atoms with Crippen LogP contribution in [0.15, 0.2) is 48.5 Å². The number of aryl methyl sites for hydroxylation is 2. The van der Waals surface area contributed by atoms with Crippen LogP contribution in [-0.2, 0) is 12.8 Å². The van der Waals surface area contributed by atoms with Gasteiger partial charge in [0.25, 0.3) is 0 Å². The Bertz CT molecular complexity index is 564. The molecule has 98 valence electrons. The molecule has 3 heteroatoms. The third-order valence-corrected chi connectivity index (χ3v) is 3.19. The average Bonchev–Trinajstić information content (AvgIpc) is 2.45. The number of nitrogens with one attached hydrogen (secondary N) is 1. The minimum absolute atomic E-state index is 0.370. The number of amides is 1. The fourth-order valence-corrected chi connectivity index (χ4v) is 2.12. The predicted molar refractivity (Wildman–Crippen MR) is 78.4 cm³/mol. The van der Waals surface area contributed by atoms with E-state index < -0.39 is 0 Å². The highest BCUT2D eigenvalue weighted by Crippen LogP contribution is 2.17. The lowest BCUT2D eigenvalue weighted by atomic mass is 9.99. The molecule has 3 N–H and O–H groups in total. The average molecular weight is 254 g/mol. The molecule has 0 bridgehead atoms. The van der Waals surface area contributed by atoms with Gasteiger partial charge in [0.2, 0.25) is 5.91 Å². The minimum Gasteiger partial charge on any atom is -0.388 e. The molecule has 2 aromatic rings. The van der Waals surface area contributed by atoms with Crippen molar-refractivity contribution in [1.29, 1.82) is 0 Å². The van der Waals surface area contributed by atoms with Crippen molar-refractivity contribution in [3.05, 3.63) is 65.2 Å². The summed E-state index contributed by atoms with van der Waals surface area (Å²) in [6, 6.07) is 15.9. The highest BCUT2D eigenvalue weighted by atomic mass is 16.1. The first kappa shape index (κ1) is 13.1. The zero-order chi connectivity index (χ0) is 13.7. The smallest absolute Gasteiger partial charge is 0.248 e. The van der Waals surface area contributed by atoms with Gasteiger partial charge >= 0.3 is 0 Å². The minimum atomic E-state index is -0.370. The summed E-state index contributed by atoms with van der Waals surface area (Å²) in [5.41, 5.74) is 9.26. The van der Waals surface area contributed by atoms with E-state index in [1.807, 2.05) is 37.4 Å². The number of rotatable bonds is 5. The van der Waals surface area contributed by atoms with Gasteiger partial charge in [0.15, 0.2) is 0 Å². The lowest BCUT2D eigenvalue weighted by Gasteiger charge is -2.09. The van der Waals surface area contributed by atoms with E-state index in [0.717, 1.165) is 24.1 Å². The summed E-state index contributed by atoms with van der Waals surface area (Å²) in [6.45, 7) is 0. The highest BCUT2D eigenvalue weighted by molar-refractivity contribution is 5.94. The molecule has 0 atom stereocenters. The SMILES string of the molecule is CNc1ccc(C(N)=O)c(CCc2ccccc2)c1. The van der Waals surface area contributed by atoms with Crippen molar-refractivity contribution in [1.82, 2.24) is 0 Å². The van der Waals surface area contributed by atoms with Gasteiger partial charge in [-0.05, 0) is 42.2 Å². The molecule has 0 heterocycles. The van der Waals surface area contributed by atoms with Crippen LogP contribution in [-0.4, -0.2) is 13.0 Å². The largest absolute Gasteiger partial charge is 0.388 e. The molecule has 3 nitrogen and oxygen atoms in total. The summed E-state index contributed by atoms with van der Waals surface area (Å²) >= 11 is 0. The maximum absolute atomic E-state index is 11.4. The van der Waals surface area contributed by atoms with Gasteiger partial charge in [0, 0.05) is 18.3 Å². The number of nitrogens with two attached hydrogens (primary N) is 1. The summed E-state index contributed by atoms with van der Waals surface area (Å²) in [6.07, 6.45) is 1.70. The van der Waals surface area contributed by atoms with E-state index in [9.17, 15) is 4.79 Å². The van der Waals surface area contributed by atoms with Crippen molar-refractivity contribution < 1.29 is 4.79 Å². The summed E-state index contributed by atoms with van der Waals surface area (Å²) in [4.78, 5) is 11.4. The monoisotopic (exact) mass is 254 g/mol. The van der Waals surface area contributed by atoms with Crippen molar-refractivity contribution in [2.75, 3.05) is 12.4 Å². The zero-order valence-electron chi connectivity index (χ0n) is 11.0. The third-order valence-electron chi connectivity index (χ3n) is 3.19. The number of anilines is 1. The van der Waals surface area contributed by atoms with Crippen LogP contribution in [0.3, 0.4) is 0 Å². The molecule has 1 amide bonds. The van der Waals surface area contributed by atoms with Gasteiger partial charge in [-0.1, -0.05) is 30.3 Å². The molecule has 0 aliphatic carbocycles. The van der Waals surface area contributed by atoms with Crippen LogP contribution in [0, 0.1) is 0 Å². The van der Waals surface area contributed by atoms with Crippen LogP contribution >= 0.6 is 0 Å². The molecular formula is C16H18N2O. The lowest BCUT2D eigenvalue weighted by Crippen LogP contribution is -2.14. The van der Waals surface area contributed by atoms with Crippen LogP contribution in [0.5, 0.6) is 0 Å². The first-order valence-electron chi connectivity index (χ1n) is 6.35. The van der Waals surface area contributed by atoms with E-state index in [1.165, 1.54) is 5.56 Å². The second kappa shape index (κ2) is 6.05. The fraction of sp³-hybridized carbons (Fsp3) is 0.188. The summed E-state index contributed by atoms with van der Waals surface area (Å²) in [5.74, 6) is -0.370. The Hall–Kier alpha value is -2.29. The van der Waals surface area contributed by atoms with Crippen molar-refractivity contribution in [2.45, 2.75) is 12.8 Å². The van der Waals surface area contributed by atoms with Crippen LogP contribution < -0.4 is 11.1 Å². The molecule has 2 aromatic carbocycles. The molecular weight excluding hydrogens is 236 g/mol. The van der Waals surface area contributed by atoms with E-state index in [4.69, 9.17) is 5.73 Å². The summed E-state index contributed by atoms with van der Waals surface area (Å²) in [7, 11) is 1.86. The Kier molecular flexibility index (Phi) is 4.18. The molecule has 0 unspecified atom stereocenters. The first-order chi connectivity index (χ1) is 9.20. The molecule has 0 spiro atoms. The topological polar surface area (TPSA) is 55.1 Å². The number of hydrogen-bond acceptors (Lipinski definition) is 2. The predicted octanol–water partition coefficient (Wildman–Crippen LogP) is 2.61. The van der Waals surface area contributed by atoms with E-state index >= 15 is 0 Å². The van der Waals surface area contributed by atoms with E-state index in [1.54, 1.807) is 6.07 Å². The standard InChI is InChI=1S/C16H18N2O/c1-18-14-9-10-15(16(17)19)13(11-14)8-7-12-5-3-2-4-6-12/h2-6,9-11,18H,7-8H2,1H3,(H2,17,19). The van der Waals surface area contributed by atoms with Crippen molar-refractivity contribution >= 4 is 11.6 Å². The Balaban J connectivity index is 2.20. The number of hydrogen-bond donors (Lipinski definition) is 2. The molecule has 0 aromatic heterocycles. The number of benzene rings is 2. The van der Waals surface area contributed by atoms with Gasteiger partial charge in [-0.3, -0.25) is 4.79 Å². The first-order valence-corrected chi connectivity index (χ1v) is 6.35. The Morgan fingerprint density at radius 3 is 2.47 bits per heavy atom. The van der Waals surface area contributed by atoms with Crippen molar-refractivity contribution in [2.24, 2.45) is 5.73 Å². The van der Waals surface area contributed by atoms with E-state index in [2.05, 4.69) is 17.4 Å². The van der Waals surface area contributed by atoms with Gasteiger partial charge in [-0.25, -0.2) is 0 Å². The molecule has 0 saturated carbocycles. The molecule has 0 aliphatic rings. The second-order valence-corrected chi connectivity index (χ2v) is 4.47. The highest BCUT2D eigenvalue weighted by Gasteiger charge is 2.08. The second-order valence-electron chi connectivity index (χ2n) is 4.47. The molecule has 0 saturated heterocycles. The Morgan fingerprint density at radius 1 is 1.11 bits per heavy atom. The van der Waals surface area contributed by atoms with Gasteiger partial charge < -0.3 is 11.1 Å². The summed E-state index contributed by atoms with van der Waals surface area (Å²) < 4.78 is 0. The fourth-order valence-electron chi connectivity index (χ4n) is 2.12. The normalized spacial score (nSPS) is 10.2. The van der Waals surface area contributed by atoms with Crippen LogP contribution in [0.2, 0.25) is 0 Å². The van der Waals surface area contributed by atoms with Crippen LogP contribution in [0.25, 0.3) is 0 Å². The van der Waals surface area contributed by atoms with Gasteiger partial charge in [-0.15, -0.1) is 0 Å². The Labute approximate surface area is 113 Å². The maximum atomic E-state index is 11.4. The van der Waals surface area contributed by atoms with Crippen LogP contribution in [0.1, 0.15) is 21.5 Å². The molecule has 0 fully saturated rings. The van der Waals surface area contributed by atoms with E-state index in [-0.39, 0.29) is 5.91 Å².